The van der Waals surface area contributed by atoms with Gasteiger partial charge >= 0.3 is 5.97 Å². The Hall–Kier alpha value is -2.36. The van der Waals surface area contributed by atoms with Crippen LogP contribution < -0.4 is 4.74 Å². The highest BCUT2D eigenvalue weighted by Gasteiger charge is 2.21. The fraction of sp³-hybridized carbons (Fsp3) is 0.333. The lowest BCUT2D eigenvalue weighted by molar-refractivity contribution is -0.145. The van der Waals surface area contributed by atoms with E-state index in [0.717, 1.165) is 17.7 Å². The van der Waals surface area contributed by atoms with Gasteiger partial charge in [-0.3, -0.25) is 9.78 Å². The molecule has 2 rings (SSSR count). The van der Waals surface area contributed by atoms with Gasteiger partial charge in [0.1, 0.15) is 5.75 Å². The van der Waals surface area contributed by atoms with E-state index in [2.05, 4.69) is 4.98 Å². The van der Waals surface area contributed by atoms with Crippen LogP contribution in [-0.2, 0) is 16.0 Å². The summed E-state index contributed by atoms with van der Waals surface area (Å²) in [5.41, 5.74) is 2.12. The summed E-state index contributed by atoms with van der Waals surface area (Å²) in [6.45, 7) is 2.22. The number of rotatable bonds is 7. The van der Waals surface area contributed by atoms with Crippen LogP contribution >= 0.6 is 0 Å². The molecule has 0 saturated heterocycles. The van der Waals surface area contributed by atoms with Gasteiger partial charge in [0, 0.05) is 12.4 Å². The second kappa shape index (κ2) is 8.17. The summed E-state index contributed by atoms with van der Waals surface area (Å²) in [4.78, 5) is 16.2. The molecule has 1 aromatic heterocycles. The second-order valence-corrected chi connectivity index (χ2v) is 4.97. The first-order valence-corrected chi connectivity index (χ1v) is 7.44. The highest BCUT2D eigenvalue weighted by atomic mass is 16.5. The van der Waals surface area contributed by atoms with Crippen LogP contribution in [0.1, 0.15) is 30.4 Å². The van der Waals surface area contributed by atoms with E-state index in [4.69, 9.17) is 9.47 Å². The largest absolute Gasteiger partial charge is 0.497 e. The van der Waals surface area contributed by atoms with Crippen LogP contribution in [0.4, 0.5) is 0 Å². The van der Waals surface area contributed by atoms with Crippen molar-refractivity contribution >= 4 is 5.97 Å². The highest BCUT2D eigenvalue weighted by molar-refractivity contribution is 5.78. The molecule has 4 nitrogen and oxygen atoms in total. The fourth-order valence-electron chi connectivity index (χ4n) is 2.36. The number of carbonyl (C=O) groups excluding carboxylic acids is 1. The zero-order chi connectivity index (χ0) is 15.8. The van der Waals surface area contributed by atoms with E-state index in [1.165, 1.54) is 5.56 Å². The smallest absolute Gasteiger partial charge is 0.313 e. The summed E-state index contributed by atoms with van der Waals surface area (Å²) >= 11 is 0. The van der Waals surface area contributed by atoms with Crippen molar-refractivity contribution in [2.45, 2.75) is 25.7 Å². The molecular formula is C18H21NO3. The number of aryl methyl sites for hydroxylation is 1. The molecule has 0 radical (unpaired) electrons. The van der Waals surface area contributed by atoms with Crippen LogP contribution in [0.5, 0.6) is 5.75 Å². The Morgan fingerprint density at radius 1 is 1.14 bits per heavy atom. The predicted octanol–water partition coefficient (Wildman–Crippen LogP) is 3.37. The number of benzene rings is 1. The number of hydrogen-bond acceptors (Lipinski definition) is 4. The third-order valence-corrected chi connectivity index (χ3v) is 3.56. The number of carbonyl (C=O) groups is 1. The van der Waals surface area contributed by atoms with Crippen LogP contribution in [0.25, 0.3) is 0 Å². The molecule has 0 aliphatic rings. The van der Waals surface area contributed by atoms with Gasteiger partial charge in [-0.2, -0.15) is 0 Å². The van der Waals surface area contributed by atoms with Crippen LogP contribution in [-0.4, -0.2) is 24.7 Å². The Labute approximate surface area is 131 Å². The maximum absolute atomic E-state index is 12.2. The second-order valence-electron chi connectivity index (χ2n) is 4.97. The van der Waals surface area contributed by atoms with Crippen molar-refractivity contribution in [1.29, 1.82) is 0 Å². The number of pyridine rings is 1. The van der Waals surface area contributed by atoms with E-state index < -0.39 is 0 Å². The average molecular weight is 299 g/mol. The molecule has 0 aliphatic heterocycles. The number of aromatic nitrogens is 1. The molecule has 0 saturated carbocycles. The van der Waals surface area contributed by atoms with Gasteiger partial charge in [0.2, 0.25) is 0 Å². The van der Waals surface area contributed by atoms with Gasteiger partial charge < -0.3 is 9.47 Å². The van der Waals surface area contributed by atoms with Crippen molar-refractivity contribution in [2.24, 2.45) is 0 Å². The minimum absolute atomic E-state index is 0.179. The molecule has 0 unspecified atom stereocenters. The molecule has 0 fully saturated rings. The maximum Gasteiger partial charge on any atom is 0.313 e. The minimum atomic E-state index is -0.259. The van der Waals surface area contributed by atoms with E-state index in [1.54, 1.807) is 19.5 Å². The molecule has 116 valence electrons. The zero-order valence-corrected chi connectivity index (χ0v) is 13.0. The first-order valence-electron chi connectivity index (χ1n) is 7.44. The van der Waals surface area contributed by atoms with Gasteiger partial charge in [-0.25, -0.2) is 0 Å². The Bertz CT molecular complexity index is 581. The molecular weight excluding hydrogens is 278 g/mol. The number of methoxy groups -OCH3 is 1. The van der Waals surface area contributed by atoms with Gasteiger partial charge in [0.05, 0.1) is 19.6 Å². The summed E-state index contributed by atoms with van der Waals surface area (Å²) in [5.74, 6) is 0.395. The van der Waals surface area contributed by atoms with Crippen LogP contribution in [0, 0.1) is 0 Å². The SMILES string of the molecule is CCOC(=O)[C@@H](CCc1ccc(OC)cc1)c1ccncc1. The van der Waals surface area contributed by atoms with Crippen LogP contribution in [0.2, 0.25) is 0 Å². The predicted molar refractivity (Wildman–Crippen MR) is 84.9 cm³/mol. The molecule has 0 N–H and O–H groups in total. The monoisotopic (exact) mass is 299 g/mol. The summed E-state index contributed by atoms with van der Waals surface area (Å²) < 4.78 is 10.4. The molecule has 22 heavy (non-hydrogen) atoms. The highest BCUT2D eigenvalue weighted by Crippen LogP contribution is 2.23. The molecule has 4 heteroatoms. The van der Waals surface area contributed by atoms with Gasteiger partial charge in [-0.15, -0.1) is 0 Å². The Kier molecular flexibility index (Phi) is 5.95. The quantitative estimate of drug-likeness (QED) is 0.735. The molecule has 0 bridgehead atoms. The summed E-state index contributed by atoms with van der Waals surface area (Å²) in [5, 5.41) is 0. The zero-order valence-electron chi connectivity index (χ0n) is 13.0. The van der Waals surface area contributed by atoms with E-state index in [1.807, 2.05) is 43.3 Å². The van der Waals surface area contributed by atoms with Gasteiger partial charge in [0.25, 0.3) is 0 Å². The minimum Gasteiger partial charge on any atom is -0.497 e. The Balaban J connectivity index is 2.07. The third-order valence-electron chi connectivity index (χ3n) is 3.56. The first-order chi connectivity index (χ1) is 10.7. The van der Waals surface area contributed by atoms with Gasteiger partial charge in [-0.05, 0) is 55.2 Å². The lowest BCUT2D eigenvalue weighted by Gasteiger charge is -2.16. The lowest BCUT2D eigenvalue weighted by Crippen LogP contribution is -2.17. The van der Waals surface area contributed by atoms with Crippen molar-refractivity contribution in [2.75, 3.05) is 13.7 Å². The number of nitrogens with zero attached hydrogens (tertiary/aromatic N) is 1. The van der Waals surface area contributed by atoms with Crippen LogP contribution in [0.3, 0.4) is 0 Å². The number of ether oxygens (including phenoxy) is 2. The Morgan fingerprint density at radius 2 is 1.82 bits per heavy atom. The fourth-order valence-corrected chi connectivity index (χ4v) is 2.36. The molecule has 0 amide bonds. The van der Waals surface area contributed by atoms with E-state index in [0.29, 0.717) is 13.0 Å². The van der Waals surface area contributed by atoms with E-state index in [9.17, 15) is 4.79 Å². The van der Waals surface area contributed by atoms with Gasteiger partial charge in [-0.1, -0.05) is 12.1 Å². The van der Waals surface area contributed by atoms with Crippen LogP contribution in [0.15, 0.2) is 48.8 Å². The lowest BCUT2D eigenvalue weighted by atomic mass is 9.93. The number of esters is 1. The number of hydrogen-bond donors (Lipinski definition) is 0. The average Bonchev–Trinajstić information content (AvgIpc) is 2.57. The molecule has 1 heterocycles. The summed E-state index contributed by atoms with van der Waals surface area (Å²) in [6.07, 6.45) is 4.91. The summed E-state index contributed by atoms with van der Waals surface area (Å²) in [6, 6.07) is 11.6. The topological polar surface area (TPSA) is 48.4 Å². The standard InChI is InChI=1S/C18H21NO3/c1-3-22-18(20)17(15-10-12-19-13-11-15)9-6-14-4-7-16(21-2)8-5-14/h4-5,7-8,10-13,17H,3,6,9H2,1-2H3/t17-/m0/s1. The maximum atomic E-state index is 12.2. The summed E-state index contributed by atoms with van der Waals surface area (Å²) in [7, 11) is 1.65. The van der Waals surface area contributed by atoms with Crippen molar-refractivity contribution < 1.29 is 14.3 Å². The molecule has 0 spiro atoms. The van der Waals surface area contributed by atoms with Crippen molar-refractivity contribution in [1.82, 2.24) is 4.98 Å². The molecule has 1 atom stereocenters. The van der Waals surface area contributed by atoms with Gasteiger partial charge in [0.15, 0.2) is 0 Å². The third kappa shape index (κ3) is 4.32. The Morgan fingerprint density at radius 3 is 2.41 bits per heavy atom. The van der Waals surface area contributed by atoms with E-state index >= 15 is 0 Å². The van der Waals surface area contributed by atoms with E-state index in [-0.39, 0.29) is 11.9 Å². The van der Waals surface area contributed by atoms with Crippen molar-refractivity contribution in [3.63, 3.8) is 0 Å². The molecule has 1 aromatic carbocycles. The normalized spacial score (nSPS) is 11.7. The van der Waals surface area contributed by atoms with Crippen molar-refractivity contribution in [3.05, 3.63) is 59.9 Å². The first kappa shape index (κ1) is 16.0. The molecule has 0 aliphatic carbocycles. The molecule has 2 aromatic rings. The van der Waals surface area contributed by atoms with Crippen molar-refractivity contribution in [3.8, 4) is 5.75 Å².